The molecule has 1 rings (SSSR count). The van der Waals surface area contributed by atoms with E-state index in [1.54, 1.807) is 0 Å². The first kappa shape index (κ1) is 4.48. The van der Waals surface area contributed by atoms with Gasteiger partial charge in [-0.05, 0) is 0 Å². The lowest BCUT2D eigenvalue weighted by molar-refractivity contribution is -0.114. The lowest BCUT2D eigenvalue weighted by Crippen LogP contribution is -1.81. The van der Waals surface area contributed by atoms with E-state index < -0.39 is 0 Å². The van der Waals surface area contributed by atoms with Crippen molar-refractivity contribution < 1.29 is 4.79 Å². The van der Waals surface area contributed by atoms with Gasteiger partial charge in [-0.1, -0.05) is 0 Å². The van der Waals surface area contributed by atoms with Crippen molar-refractivity contribution in [1.29, 1.82) is 0 Å². The van der Waals surface area contributed by atoms with E-state index in [1.807, 2.05) is 6.92 Å². The van der Waals surface area contributed by atoms with E-state index in [-0.39, 0.29) is 5.78 Å². The Morgan fingerprint density at radius 2 is 2.29 bits per heavy atom. The fourth-order valence-corrected chi connectivity index (χ4v) is 0.664. The van der Waals surface area contributed by atoms with Crippen molar-refractivity contribution in [1.82, 2.24) is 0 Å². The first-order valence-electron chi connectivity index (χ1n) is 2.41. The highest BCUT2D eigenvalue weighted by Crippen LogP contribution is 2.11. The summed E-state index contributed by atoms with van der Waals surface area (Å²) in [4.78, 5) is 10.3. The topological polar surface area (TPSA) is 17.1 Å². The van der Waals surface area contributed by atoms with E-state index in [2.05, 4.69) is 6.08 Å². The molecular formula is C6H7O+. The van der Waals surface area contributed by atoms with Crippen molar-refractivity contribution in [3.63, 3.8) is 0 Å². The third-order valence-electron chi connectivity index (χ3n) is 1.08. The van der Waals surface area contributed by atoms with Crippen LogP contribution in [0.4, 0.5) is 0 Å². The molecule has 0 bridgehead atoms. The number of ketones is 1. The smallest absolute Gasteiger partial charge is 0.231 e. The van der Waals surface area contributed by atoms with Gasteiger partial charge in [0.25, 0.3) is 0 Å². The summed E-state index contributed by atoms with van der Waals surface area (Å²) >= 11 is 0. The zero-order valence-corrected chi connectivity index (χ0v) is 4.32. The summed E-state index contributed by atoms with van der Waals surface area (Å²) in [7, 11) is 0. The second-order valence-corrected chi connectivity index (χ2v) is 1.83. The lowest BCUT2D eigenvalue weighted by atomic mass is 10.3. The molecule has 0 aromatic carbocycles. The largest absolute Gasteiger partial charge is 0.392 e. The van der Waals surface area contributed by atoms with Gasteiger partial charge in [-0.25, -0.2) is 4.79 Å². The molecule has 1 nitrogen and oxygen atoms in total. The van der Waals surface area contributed by atoms with Crippen LogP contribution in [-0.2, 0) is 4.79 Å². The van der Waals surface area contributed by atoms with Crippen LogP contribution in [0.5, 0.6) is 0 Å². The van der Waals surface area contributed by atoms with Crippen molar-refractivity contribution >= 4 is 5.78 Å². The number of Topliss-reactive ketones (excluding diaryl/α,β-unsaturated/α-hetero) is 1. The maximum Gasteiger partial charge on any atom is 0.392 e. The Morgan fingerprint density at radius 3 is 2.43 bits per heavy atom. The van der Waals surface area contributed by atoms with E-state index >= 15 is 0 Å². The minimum atomic E-state index is 0.164. The van der Waals surface area contributed by atoms with Crippen LogP contribution in [0.1, 0.15) is 19.8 Å². The Bertz CT molecular complexity index is 122. The molecule has 0 aliphatic heterocycles. The van der Waals surface area contributed by atoms with Crippen molar-refractivity contribution in [2.45, 2.75) is 19.8 Å². The summed E-state index contributed by atoms with van der Waals surface area (Å²) in [6.45, 7) is 1.94. The van der Waals surface area contributed by atoms with Gasteiger partial charge in [-0.3, -0.25) is 0 Å². The third-order valence-corrected chi connectivity index (χ3v) is 1.08. The van der Waals surface area contributed by atoms with Crippen LogP contribution >= 0.6 is 0 Å². The second-order valence-electron chi connectivity index (χ2n) is 1.83. The SMILES string of the molecule is CC1=[C+]C(=O)CC1. The maximum absolute atomic E-state index is 10.3. The van der Waals surface area contributed by atoms with Crippen LogP contribution in [0, 0.1) is 6.08 Å². The number of allylic oxidation sites excluding steroid dienone is 2. The predicted molar refractivity (Wildman–Crippen MR) is 26.7 cm³/mol. The molecule has 0 saturated heterocycles. The molecule has 0 N–H and O–H groups in total. The van der Waals surface area contributed by atoms with E-state index in [0.29, 0.717) is 6.42 Å². The van der Waals surface area contributed by atoms with Gasteiger partial charge in [-0.2, -0.15) is 0 Å². The molecule has 0 spiro atoms. The average molecular weight is 95.1 g/mol. The highest BCUT2D eigenvalue weighted by Gasteiger charge is 2.23. The van der Waals surface area contributed by atoms with Crippen molar-refractivity contribution in [3.8, 4) is 0 Å². The standard InChI is InChI=1S/C6H7O/c1-5-2-3-6(7)4-5/h2-3H2,1H3/q+1. The summed E-state index contributed by atoms with van der Waals surface area (Å²) in [5, 5.41) is 0. The number of hydrogen-bond acceptors (Lipinski definition) is 1. The quantitative estimate of drug-likeness (QED) is 0.412. The van der Waals surface area contributed by atoms with Gasteiger partial charge in [0.15, 0.2) is 5.57 Å². The monoisotopic (exact) mass is 95.0 g/mol. The van der Waals surface area contributed by atoms with Gasteiger partial charge < -0.3 is 0 Å². The number of hydrogen-bond donors (Lipinski definition) is 0. The summed E-state index contributed by atoms with van der Waals surface area (Å²) < 4.78 is 0. The summed E-state index contributed by atoms with van der Waals surface area (Å²) in [5.74, 6) is 0.164. The Balaban J connectivity index is 2.67. The molecule has 0 fully saturated rings. The molecule has 1 aliphatic carbocycles. The number of carbonyl (C=O) groups excluding carboxylic acids is 1. The van der Waals surface area contributed by atoms with E-state index in [9.17, 15) is 4.79 Å². The van der Waals surface area contributed by atoms with Gasteiger partial charge in [0.2, 0.25) is 0 Å². The third kappa shape index (κ3) is 0.847. The first-order valence-corrected chi connectivity index (χ1v) is 2.41. The Kier molecular flexibility index (Phi) is 0.918. The van der Waals surface area contributed by atoms with Gasteiger partial charge in [0.05, 0.1) is 6.42 Å². The van der Waals surface area contributed by atoms with Crippen LogP contribution in [0.3, 0.4) is 0 Å². The molecule has 0 saturated carbocycles. The predicted octanol–water partition coefficient (Wildman–Crippen LogP) is 1.10. The van der Waals surface area contributed by atoms with E-state index in [1.165, 1.54) is 0 Å². The molecule has 0 unspecified atom stereocenters. The summed E-state index contributed by atoms with van der Waals surface area (Å²) in [5.41, 5.74) is 1.10. The molecule has 0 amide bonds. The van der Waals surface area contributed by atoms with Gasteiger partial charge in [0.1, 0.15) is 0 Å². The first-order chi connectivity index (χ1) is 3.29. The number of rotatable bonds is 0. The van der Waals surface area contributed by atoms with Crippen LogP contribution in [0.25, 0.3) is 0 Å². The highest BCUT2D eigenvalue weighted by molar-refractivity contribution is 5.88. The van der Waals surface area contributed by atoms with E-state index in [4.69, 9.17) is 0 Å². The fourth-order valence-electron chi connectivity index (χ4n) is 0.664. The Hall–Kier alpha value is -0.680. The second kappa shape index (κ2) is 1.43. The van der Waals surface area contributed by atoms with Crippen LogP contribution in [0.15, 0.2) is 5.57 Å². The van der Waals surface area contributed by atoms with Crippen LogP contribution < -0.4 is 0 Å². The number of carbonyl (C=O) groups is 1. The Morgan fingerprint density at radius 1 is 1.57 bits per heavy atom. The minimum Gasteiger partial charge on any atom is -0.231 e. The van der Waals surface area contributed by atoms with Gasteiger partial charge in [0, 0.05) is 13.3 Å². The van der Waals surface area contributed by atoms with Crippen LogP contribution in [-0.4, -0.2) is 5.78 Å². The molecular weight excluding hydrogens is 88.1 g/mol. The fraction of sp³-hybridized carbons (Fsp3) is 0.500. The van der Waals surface area contributed by atoms with Crippen molar-refractivity contribution in [2.24, 2.45) is 0 Å². The zero-order chi connectivity index (χ0) is 5.28. The molecule has 36 valence electrons. The van der Waals surface area contributed by atoms with E-state index in [0.717, 1.165) is 12.0 Å². The summed E-state index contributed by atoms with van der Waals surface area (Å²) in [6.07, 6.45) is 4.31. The average Bonchev–Trinajstić information content (AvgIpc) is 1.87. The molecule has 1 aliphatic rings. The molecule has 0 aromatic rings. The molecule has 0 radical (unpaired) electrons. The van der Waals surface area contributed by atoms with Crippen LogP contribution in [0.2, 0.25) is 0 Å². The normalized spacial score (nSPS) is 19.0. The van der Waals surface area contributed by atoms with Crippen molar-refractivity contribution in [3.05, 3.63) is 11.6 Å². The molecule has 7 heavy (non-hydrogen) atoms. The van der Waals surface area contributed by atoms with Crippen molar-refractivity contribution in [2.75, 3.05) is 0 Å². The van der Waals surface area contributed by atoms with Gasteiger partial charge >= 0.3 is 11.9 Å². The lowest BCUT2D eigenvalue weighted by Gasteiger charge is -1.66. The maximum atomic E-state index is 10.3. The Labute approximate surface area is 43.0 Å². The summed E-state index contributed by atoms with van der Waals surface area (Å²) in [6, 6.07) is 0. The molecule has 1 heteroatoms. The molecule has 0 atom stereocenters. The molecule has 0 aromatic heterocycles. The highest BCUT2D eigenvalue weighted by atomic mass is 16.1. The minimum absolute atomic E-state index is 0.164. The van der Waals surface area contributed by atoms with Gasteiger partial charge in [-0.15, -0.1) is 0 Å². The molecule has 0 heterocycles. The zero-order valence-electron chi connectivity index (χ0n) is 4.32.